The van der Waals surface area contributed by atoms with Gasteiger partial charge in [0.1, 0.15) is 11.8 Å². The number of fused-ring (bicyclic) bond motifs is 1. The molecule has 0 aliphatic heterocycles. The van der Waals surface area contributed by atoms with Crippen molar-refractivity contribution in [3.05, 3.63) is 108 Å². The van der Waals surface area contributed by atoms with E-state index in [9.17, 15) is 18.0 Å². The van der Waals surface area contributed by atoms with E-state index < -0.39 is 28.5 Å². The minimum Gasteiger partial charge on any atom is -0.497 e. The topological polar surface area (TPSA) is 96.0 Å². The smallest absolute Gasteiger partial charge is 0.243 e. The molecular formula is C33H37N3O5S. The molecule has 0 saturated heterocycles. The van der Waals surface area contributed by atoms with Gasteiger partial charge in [0.25, 0.3) is 0 Å². The highest BCUT2D eigenvalue weighted by atomic mass is 32.2. The highest BCUT2D eigenvalue weighted by Gasteiger charge is 2.33. The average Bonchev–Trinajstić information content (AvgIpc) is 3.01. The quantitative estimate of drug-likeness (QED) is 0.246. The number of carbonyl (C=O) groups excluding carboxylic acids is 2. The number of ether oxygens (including phenoxy) is 1. The maximum atomic E-state index is 14.0. The van der Waals surface area contributed by atoms with Crippen LogP contribution < -0.4 is 10.1 Å². The maximum absolute atomic E-state index is 14.0. The number of nitrogens with one attached hydrogen (secondary N) is 1. The monoisotopic (exact) mass is 587 g/mol. The highest BCUT2D eigenvalue weighted by molar-refractivity contribution is 7.89. The van der Waals surface area contributed by atoms with Gasteiger partial charge in [0.15, 0.2) is 0 Å². The second kappa shape index (κ2) is 14.1. The summed E-state index contributed by atoms with van der Waals surface area (Å²) < 4.78 is 33.6. The summed E-state index contributed by atoms with van der Waals surface area (Å²) in [6, 6.07) is 28.3. The molecule has 0 aliphatic rings. The molecule has 0 fully saturated rings. The van der Waals surface area contributed by atoms with Crippen molar-refractivity contribution in [3.63, 3.8) is 0 Å². The van der Waals surface area contributed by atoms with Gasteiger partial charge in [-0.2, -0.15) is 4.31 Å². The van der Waals surface area contributed by atoms with Crippen LogP contribution in [0.15, 0.2) is 102 Å². The van der Waals surface area contributed by atoms with Crippen molar-refractivity contribution >= 4 is 32.6 Å². The van der Waals surface area contributed by atoms with Gasteiger partial charge in [-0.3, -0.25) is 9.59 Å². The summed E-state index contributed by atoms with van der Waals surface area (Å²) in [5.74, 6) is -0.166. The van der Waals surface area contributed by atoms with Crippen LogP contribution >= 0.6 is 0 Å². The molecule has 2 amide bonds. The fourth-order valence-electron chi connectivity index (χ4n) is 4.76. The Bertz CT molecular complexity index is 1630. The van der Waals surface area contributed by atoms with Crippen molar-refractivity contribution in [2.75, 3.05) is 27.2 Å². The van der Waals surface area contributed by atoms with Crippen molar-refractivity contribution in [1.29, 1.82) is 0 Å². The van der Waals surface area contributed by atoms with Crippen molar-refractivity contribution < 1.29 is 22.7 Å². The van der Waals surface area contributed by atoms with Gasteiger partial charge >= 0.3 is 0 Å². The van der Waals surface area contributed by atoms with Gasteiger partial charge in [-0.05, 0) is 52.6 Å². The first-order valence-corrected chi connectivity index (χ1v) is 15.4. The molecule has 8 nitrogen and oxygen atoms in total. The Hall–Kier alpha value is -4.21. The van der Waals surface area contributed by atoms with E-state index in [0.717, 1.165) is 32.6 Å². The van der Waals surface area contributed by atoms with Crippen molar-refractivity contribution in [2.45, 2.75) is 37.2 Å². The van der Waals surface area contributed by atoms with Crippen molar-refractivity contribution in [1.82, 2.24) is 14.5 Å². The molecule has 0 aliphatic carbocycles. The van der Waals surface area contributed by atoms with Gasteiger partial charge in [-0.15, -0.1) is 0 Å². The number of likely N-dealkylation sites (N-methyl/N-ethyl adjacent to an activating group) is 1. The van der Waals surface area contributed by atoms with E-state index in [-0.39, 0.29) is 23.8 Å². The molecule has 0 unspecified atom stereocenters. The number of nitrogens with zero attached hydrogens (tertiary/aromatic N) is 2. The van der Waals surface area contributed by atoms with Gasteiger partial charge in [0.2, 0.25) is 21.8 Å². The van der Waals surface area contributed by atoms with Crippen molar-refractivity contribution in [2.24, 2.45) is 0 Å². The van der Waals surface area contributed by atoms with Crippen LogP contribution in [0.4, 0.5) is 0 Å². The zero-order chi connectivity index (χ0) is 30.1. The summed E-state index contributed by atoms with van der Waals surface area (Å²) in [6.45, 7) is 2.07. The lowest BCUT2D eigenvalue weighted by atomic mass is 10.0. The number of hydrogen-bond acceptors (Lipinski definition) is 5. The van der Waals surface area contributed by atoms with Crippen LogP contribution in [0.1, 0.15) is 24.5 Å². The second-order valence-electron chi connectivity index (χ2n) is 10.1. The first-order valence-electron chi connectivity index (χ1n) is 13.9. The molecule has 4 aromatic carbocycles. The fourth-order valence-corrected chi connectivity index (χ4v) is 5.92. The lowest BCUT2D eigenvalue weighted by Crippen LogP contribution is -2.53. The highest BCUT2D eigenvalue weighted by Crippen LogP contribution is 2.23. The lowest BCUT2D eigenvalue weighted by Gasteiger charge is -2.32. The predicted molar refractivity (Wildman–Crippen MR) is 165 cm³/mol. The largest absolute Gasteiger partial charge is 0.497 e. The predicted octanol–water partition coefficient (Wildman–Crippen LogP) is 4.64. The van der Waals surface area contributed by atoms with Gasteiger partial charge in [0, 0.05) is 26.6 Å². The standard InChI is InChI=1S/C33H37N3O5S/c1-4-19-34-33(38)31(21-25-11-6-5-7-12-25)36(23-26-13-10-16-29(20-26)41-3)32(37)24-35(2)42(39,40)30-18-17-27-14-8-9-15-28(27)22-30/h5-18,20,22,31H,4,19,21,23-24H2,1-3H3,(H,34,38)/t31-/m1/s1. The van der Waals surface area contributed by atoms with E-state index in [0.29, 0.717) is 12.3 Å². The van der Waals surface area contributed by atoms with Crippen LogP contribution in [-0.4, -0.2) is 62.7 Å². The molecule has 1 N–H and O–H groups in total. The minimum absolute atomic E-state index is 0.0942. The zero-order valence-corrected chi connectivity index (χ0v) is 25.0. The summed E-state index contributed by atoms with van der Waals surface area (Å²) in [6.07, 6.45) is 1.01. The average molecular weight is 588 g/mol. The van der Waals surface area contributed by atoms with E-state index in [1.54, 1.807) is 37.4 Å². The van der Waals surface area contributed by atoms with Crippen LogP contribution in [0, 0.1) is 0 Å². The molecule has 42 heavy (non-hydrogen) atoms. The Balaban J connectivity index is 1.67. The van der Waals surface area contributed by atoms with E-state index in [4.69, 9.17) is 4.74 Å². The van der Waals surface area contributed by atoms with E-state index in [1.807, 2.05) is 73.7 Å². The van der Waals surface area contributed by atoms with E-state index in [2.05, 4.69) is 5.32 Å². The van der Waals surface area contributed by atoms with Crippen LogP contribution in [0.3, 0.4) is 0 Å². The van der Waals surface area contributed by atoms with Crippen LogP contribution in [0.5, 0.6) is 5.75 Å². The Morgan fingerprint density at radius 2 is 1.55 bits per heavy atom. The Morgan fingerprint density at radius 1 is 0.857 bits per heavy atom. The number of amides is 2. The Labute approximate surface area is 248 Å². The minimum atomic E-state index is -4.00. The number of methoxy groups -OCH3 is 1. The van der Waals surface area contributed by atoms with Gasteiger partial charge < -0.3 is 15.0 Å². The number of hydrogen-bond donors (Lipinski definition) is 1. The number of carbonyl (C=O) groups is 2. The van der Waals surface area contributed by atoms with Gasteiger partial charge in [-0.25, -0.2) is 8.42 Å². The van der Waals surface area contributed by atoms with Crippen LogP contribution in [-0.2, 0) is 32.6 Å². The molecule has 4 aromatic rings. The first-order chi connectivity index (χ1) is 20.2. The third-order valence-electron chi connectivity index (χ3n) is 7.09. The molecule has 220 valence electrons. The number of sulfonamides is 1. The molecule has 9 heteroatoms. The number of benzene rings is 4. The molecule has 0 aromatic heterocycles. The summed E-state index contributed by atoms with van der Waals surface area (Å²) >= 11 is 0. The summed E-state index contributed by atoms with van der Waals surface area (Å²) in [7, 11) is -1.05. The molecule has 4 rings (SSSR count). The Morgan fingerprint density at radius 3 is 2.26 bits per heavy atom. The fraction of sp³-hybridized carbons (Fsp3) is 0.273. The van der Waals surface area contributed by atoms with Gasteiger partial charge in [-0.1, -0.05) is 79.7 Å². The molecule has 0 spiro atoms. The third kappa shape index (κ3) is 7.54. The number of rotatable bonds is 13. The molecule has 0 saturated carbocycles. The molecular weight excluding hydrogens is 550 g/mol. The Kier molecular flexibility index (Phi) is 10.3. The zero-order valence-electron chi connectivity index (χ0n) is 24.2. The molecule has 0 heterocycles. The molecule has 0 radical (unpaired) electrons. The first kappa shape index (κ1) is 30.7. The second-order valence-corrected chi connectivity index (χ2v) is 12.2. The van der Waals surface area contributed by atoms with E-state index >= 15 is 0 Å². The maximum Gasteiger partial charge on any atom is 0.243 e. The summed E-state index contributed by atoms with van der Waals surface area (Å²) in [5, 5.41) is 4.64. The van der Waals surface area contributed by atoms with Crippen LogP contribution in [0.2, 0.25) is 0 Å². The summed E-state index contributed by atoms with van der Waals surface area (Å²) in [4.78, 5) is 29.1. The SMILES string of the molecule is CCCNC(=O)[C@@H](Cc1ccccc1)N(Cc1cccc(OC)c1)C(=O)CN(C)S(=O)(=O)c1ccc2ccccc2c1. The molecule has 1 atom stereocenters. The third-order valence-corrected chi connectivity index (χ3v) is 8.89. The van der Waals surface area contributed by atoms with Crippen LogP contribution in [0.25, 0.3) is 10.8 Å². The van der Waals surface area contributed by atoms with Gasteiger partial charge in [0.05, 0.1) is 18.6 Å². The van der Waals surface area contributed by atoms with E-state index in [1.165, 1.54) is 11.9 Å². The summed E-state index contributed by atoms with van der Waals surface area (Å²) in [5.41, 5.74) is 1.64. The van der Waals surface area contributed by atoms with Crippen molar-refractivity contribution in [3.8, 4) is 5.75 Å². The lowest BCUT2D eigenvalue weighted by molar-refractivity contribution is -0.141. The normalized spacial score (nSPS) is 12.2. The molecule has 0 bridgehead atoms.